The molecule has 0 radical (unpaired) electrons. The molecule has 26 heavy (non-hydrogen) atoms. The Hall–Kier alpha value is -1.63. The van der Waals surface area contributed by atoms with Gasteiger partial charge in [-0.3, -0.25) is 4.79 Å². The zero-order chi connectivity index (χ0) is 19.4. The number of nitrogens with two attached hydrogens (primary N) is 1. The van der Waals surface area contributed by atoms with Gasteiger partial charge >= 0.3 is 0 Å². The first-order valence-electron chi connectivity index (χ1n) is 9.26. The minimum Gasteiger partial charge on any atom is -0.492 e. The molecular weight excluding hydrogens is 330 g/mol. The lowest BCUT2D eigenvalue weighted by Crippen LogP contribution is -2.75. The second-order valence-electron chi connectivity index (χ2n) is 7.82. The summed E-state index contributed by atoms with van der Waals surface area (Å²) in [5.74, 6) is 0.679. The molecule has 1 fully saturated rings. The average molecular weight is 364 g/mol. The molecule has 146 valence electrons. The van der Waals surface area contributed by atoms with Gasteiger partial charge in [0.05, 0.1) is 6.10 Å². The molecular formula is C20H33N3O3. The van der Waals surface area contributed by atoms with Gasteiger partial charge in [-0.2, -0.15) is 0 Å². The highest BCUT2D eigenvalue weighted by atomic mass is 16.5. The van der Waals surface area contributed by atoms with E-state index in [4.69, 9.17) is 15.2 Å². The van der Waals surface area contributed by atoms with Gasteiger partial charge in [-0.1, -0.05) is 26.0 Å². The van der Waals surface area contributed by atoms with Crippen LogP contribution in [-0.4, -0.2) is 56.3 Å². The fourth-order valence-corrected chi connectivity index (χ4v) is 3.25. The van der Waals surface area contributed by atoms with Gasteiger partial charge in [0, 0.05) is 31.5 Å². The van der Waals surface area contributed by atoms with Crippen molar-refractivity contribution in [3.8, 4) is 5.75 Å². The van der Waals surface area contributed by atoms with Crippen LogP contribution in [0.15, 0.2) is 24.3 Å². The van der Waals surface area contributed by atoms with E-state index in [-0.39, 0.29) is 17.4 Å². The molecule has 2 rings (SSSR count). The monoisotopic (exact) mass is 363 g/mol. The van der Waals surface area contributed by atoms with Crippen LogP contribution in [0, 0.1) is 5.41 Å². The van der Waals surface area contributed by atoms with Gasteiger partial charge < -0.3 is 25.4 Å². The molecule has 1 aromatic rings. The van der Waals surface area contributed by atoms with Gasteiger partial charge in [0.2, 0.25) is 5.91 Å². The van der Waals surface area contributed by atoms with Crippen LogP contribution in [0.5, 0.6) is 5.75 Å². The van der Waals surface area contributed by atoms with E-state index in [9.17, 15) is 4.79 Å². The molecule has 2 unspecified atom stereocenters. The van der Waals surface area contributed by atoms with Crippen LogP contribution < -0.4 is 15.8 Å². The van der Waals surface area contributed by atoms with E-state index in [2.05, 4.69) is 10.2 Å². The first-order chi connectivity index (χ1) is 12.2. The van der Waals surface area contributed by atoms with Crippen molar-refractivity contribution in [1.82, 2.24) is 10.2 Å². The van der Waals surface area contributed by atoms with E-state index in [0.717, 1.165) is 17.9 Å². The summed E-state index contributed by atoms with van der Waals surface area (Å²) in [4.78, 5) is 14.8. The molecule has 1 saturated carbocycles. The van der Waals surface area contributed by atoms with Gasteiger partial charge in [-0.05, 0) is 38.7 Å². The molecule has 1 aliphatic carbocycles. The SMILES string of the molecule is CCOC1CC(N)(C(=O)NCc2cccc(OCCN(C)C)c2)C1(C)C. The molecule has 0 heterocycles. The van der Waals surface area contributed by atoms with Crippen molar-refractivity contribution in [3.05, 3.63) is 29.8 Å². The number of likely N-dealkylation sites (N-methyl/N-ethyl adjacent to an activating group) is 1. The van der Waals surface area contributed by atoms with E-state index in [1.807, 2.05) is 59.1 Å². The molecule has 6 heteroatoms. The van der Waals surface area contributed by atoms with Gasteiger partial charge in [0.15, 0.2) is 0 Å². The molecule has 1 amide bonds. The number of carbonyl (C=O) groups is 1. The van der Waals surface area contributed by atoms with E-state index in [1.54, 1.807) is 0 Å². The van der Waals surface area contributed by atoms with Crippen molar-refractivity contribution in [3.63, 3.8) is 0 Å². The molecule has 0 spiro atoms. The summed E-state index contributed by atoms with van der Waals surface area (Å²) >= 11 is 0. The molecule has 0 bridgehead atoms. The largest absolute Gasteiger partial charge is 0.492 e. The standard InChI is InChI=1S/C20H33N3O3/c1-6-25-17-13-20(21,19(17,2)3)18(24)22-14-15-8-7-9-16(12-15)26-11-10-23(4)5/h7-9,12,17H,6,10-11,13-14,21H2,1-5H3,(H,22,24). The van der Waals surface area contributed by atoms with Crippen LogP contribution in [0.1, 0.15) is 32.8 Å². The summed E-state index contributed by atoms with van der Waals surface area (Å²) in [6, 6.07) is 7.78. The van der Waals surface area contributed by atoms with E-state index >= 15 is 0 Å². The Morgan fingerprint density at radius 1 is 1.38 bits per heavy atom. The van der Waals surface area contributed by atoms with Crippen molar-refractivity contribution in [1.29, 1.82) is 0 Å². The Kier molecular flexibility index (Phi) is 6.66. The number of rotatable bonds is 9. The summed E-state index contributed by atoms with van der Waals surface area (Å²) in [6.45, 7) is 8.49. The maximum atomic E-state index is 12.7. The Labute approximate surface area is 157 Å². The van der Waals surface area contributed by atoms with Crippen molar-refractivity contribution in [2.24, 2.45) is 11.1 Å². The fourth-order valence-electron chi connectivity index (χ4n) is 3.25. The summed E-state index contributed by atoms with van der Waals surface area (Å²) < 4.78 is 11.4. The van der Waals surface area contributed by atoms with Crippen LogP contribution in [0.2, 0.25) is 0 Å². The quantitative estimate of drug-likeness (QED) is 0.699. The van der Waals surface area contributed by atoms with E-state index < -0.39 is 5.54 Å². The van der Waals surface area contributed by atoms with Crippen LogP contribution in [0.25, 0.3) is 0 Å². The third kappa shape index (κ3) is 4.37. The van der Waals surface area contributed by atoms with E-state index in [0.29, 0.717) is 26.2 Å². The molecule has 6 nitrogen and oxygen atoms in total. The first kappa shape index (κ1) is 20.7. The van der Waals surface area contributed by atoms with Crippen LogP contribution in [0.4, 0.5) is 0 Å². The summed E-state index contributed by atoms with van der Waals surface area (Å²) in [5, 5.41) is 2.98. The maximum absolute atomic E-state index is 12.7. The van der Waals surface area contributed by atoms with Gasteiger partial charge in [0.1, 0.15) is 17.9 Å². The molecule has 0 aromatic heterocycles. The number of benzene rings is 1. The minimum absolute atomic E-state index is 0.0247. The number of nitrogens with one attached hydrogen (secondary N) is 1. The Balaban J connectivity index is 1.89. The third-order valence-electron chi connectivity index (χ3n) is 5.39. The number of hydrogen-bond acceptors (Lipinski definition) is 5. The zero-order valence-electron chi connectivity index (χ0n) is 16.7. The fraction of sp³-hybridized carbons (Fsp3) is 0.650. The van der Waals surface area contributed by atoms with Crippen molar-refractivity contribution < 1.29 is 14.3 Å². The number of nitrogens with zero attached hydrogens (tertiary/aromatic N) is 1. The third-order valence-corrected chi connectivity index (χ3v) is 5.39. The lowest BCUT2D eigenvalue weighted by molar-refractivity contribution is -0.170. The second kappa shape index (κ2) is 8.37. The lowest BCUT2D eigenvalue weighted by atomic mass is 9.54. The molecule has 1 aromatic carbocycles. The summed E-state index contributed by atoms with van der Waals surface area (Å²) in [7, 11) is 4.02. The van der Waals surface area contributed by atoms with Crippen LogP contribution >= 0.6 is 0 Å². The zero-order valence-corrected chi connectivity index (χ0v) is 16.7. The minimum atomic E-state index is -0.896. The predicted octanol–water partition coefficient (Wildman–Crippen LogP) is 1.78. The topological polar surface area (TPSA) is 76.8 Å². The Morgan fingerprint density at radius 3 is 2.73 bits per heavy atom. The van der Waals surface area contributed by atoms with Crippen LogP contribution in [-0.2, 0) is 16.1 Å². The highest BCUT2D eigenvalue weighted by Gasteiger charge is 2.62. The molecule has 3 N–H and O–H groups in total. The van der Waals surface area contributed by atoms with Gasteiger partial charge in [-0.25, -0.2) is 0 Å². The first-order valence-corrected chi connectivity index (χ1v) is 9.26. The second-order valence-corrected chi connectivity index (χ2v) is 7.82. The van der Waals surface area contributed by atoms with Crippen molar-refractivity contribution in [2.75, 3.05) is 33.9 Å². The van der Waals surface area contributed by atoms with Crippen molar-refractivity contribution >= 4 is 5.91 Å². The number of carbonyl (C=O) groups excluding carboxylic acids is 1. The Bertz CT molecular complexity index is 618. The Morgan fingerprint density at radius 2 is 2.12 bits per heavy atom. The normalized spacial score (nSPS) is 24.2. The highest BCUT2D eigenvalue weighted by molar-refractivity contribution is 5.88. The molecule has 1 aliphatic rings. The molecule has 0 aliphatic heterocycles. The maximum Gasteiger partial charge on any atom is 0.241 e. The average Bonchev–Trinajstić information content (AvgIpc) is 2.59. The van der Waals surface area contributed by atoms with Gasteiger partial charge in [-0.15, -0.1) is 0 Å². The van der Waals surface area contributed by atoms with Gasteiger partial charge in [0.25, 0.3) is 0 Å². The summed E-state index contributed by atoms with van der Waals surface area (Å²) in [5.41, 5.74) is 6.12. The summed E-state index contributed by atoms with van der Waals surface area (Å²) in [6.07, 6.45) is 0.574. The number of hydrogen-bond donors (Lipinski definition) is 2. The molecule has 2 atom stereocenters. The predicted molar refractivity (Wildman–Crippen MR) is 103 cm³/mol. The van der Waals surface area contributed by atoms with Crippen molar-refractivity contribution in [2.45, 2.75) is 45.4 Å². The number of ether oxygens (including phenoxy) is 2. The number of amides is 1. The molecule has 0 saturated heterocycles. The highest BCUT2D eigenvalue weighted by Crippen LogP contribution is 2.49. The van der Waals surface area contributed by atoms with Crippen LogP contribution in [0.3, 0.4) is 0 Å². The van der Waals surface area contributed by atoms with E-state index in [1.165, 1.54) is 0 Å². The lowest BCUT2D eigenvalue weighted by Gasteiger charge is -2.57. The smallest absolute Gasteiger partial charge is 0.241 e.